The van der Waals surface area contributed by atoms with Crippen molar-refractivity contribution in [3.63, 3.8) is 0 Å². The van der Waals surface area contributed by atoms with Gasteiger partial charge in [0.2, 0.25) is 0 Å². The fraction of sp³-hybridized carbons (Fsp3) is 0.294. The van der Waals surface area contributed by atoms with Gasteiger partial charge in [-0.15, -0.1) is 0 Å². The van der Waals surface area contributed by atoms with E-state index >= 15 is 0 Å². The van der Waals surface area contributed by atoms with Gasteiger partial charge in [-0.2, -0.15) is 0 Å². The summed E-state index contributed by atoms with van der Waals surface area (Å²) >= 11 is 0. The number of nitrogens with one attached hydrogen (secondary N) is 1. The number of hydrogen-bond acceptors (Lipinski definition) is 1. The topological polar surface area (TPSA) is 12.0 Å². The quantitative estimate of drug-likeness (QED) is 0.861. The molecule has 0 saturated heterocycles. The number of rotatable bonds is 4. The lowest BCUT2D eigenvalue weighted by molar-refractivity contribution is 0.544. The van der Waals surface area contributed by atoms with Crippen molar-refractivity contribution in [1.82, 2.24) is 5.32 Å². The van der Waals surface area contributed by atoms with Gasteiger partial charge in [0.15, 0.2) is 0 Å². The van der Waals surface area contributed by atoms with Gasteiger partial charge in [0.25, 0.3) is 0 Å². The largest absolute Gasteiger partial charge is 0.306 e. The second kappa shape index (κ2) is 5.98. The van der Waals surface area contributed by atoms with Crippen molar-refractivity contribution in [3.8, 4) is 0 Å². The maximum absolute atomic E-state index is 13.6. The number of halogens is 1. The molecule has 0 aromatic heterocycles. The first-order chi connectivity index (χ1) is 9.06. The molecule has 0 heterocycles. The SMILES string of the molecule is Cc1ccc([C@@H](C)NCc2cc(C)ccc2F)cc1. The van der Waals surface area contributed by atoms with Crippen molar-refractivity contribution < 1.29 is 4.39 Å². The third-order valence-electron chi connectivity index (χ3n) is 3.38. The Labute approximate surface area is 114 Å². The summed E-state index contributed by atoms with van der Waals surface area (Å²) in [7, 11) is 0. The van der Waals surface area contributed by atoms with Gasteiger partial charge in [-0.05, 0) is 32.4 Å². The Kier molecular flexibility index (Phi) is 4.33. The normalized spacial score (nSPS) is 12.4. The second-order valence-corrected chi connectivity index (χ2v) is 5.11. The molecule has 0 saturated carbocycles. The van der Waals surface area contributed by atoms with Crippen LogP contribution in [0.5, 0.6) is 0 Å². The van der Waals surface area contributed by atoms with Gasteiger partial charge in [-0.3, -0.25) is 0 Å². The number of benzene rings is 2. The minimum Gasteiger partial charge on any atom is -0.306 e. The molecule has 0 fully saturated rings. The Morgan fingerprint density at radius 1 is 1.00 bits per heavy atom. The van der Waals surface area contributed by atoms with E-state index in [1.54, 1.807) is 6.07 Å². The maximum atomic E-state index is 13.6. The van der Waals surface area contributed by atoms with Gasteiger partial charge in [0.1, 0.15) is 5.82 Å². The van der Waals surface area contributed by atoms with Crippen molar-refractivity contribution in [2.24, 2.45) is 0 Å². The molecule has 0 amide bonds. The zero-order chi connectivity index (χ0) is 13.8. The van der Waals surface area contributed by atoms with Crippen LogP contribution in [0.4, 0.5) is 4.39 Å². The van der Waals surface area contributed by atoms with Crippen molar-refractivity contribution in [3.05, 3.63) is 70.5 Å². The van der Waals surface area contributed by atoms with Crippen LogP contribution in [0.25, 0.3) is 0 Å². The smallest absolute Gasteiger partial charge is 0.127 e. The molecular formula is C17H20FN. The monoisotopic (exact) mass is 257 g/mol. The Bertz CT molecular complexity index is 546. The molecule has 1 nitrogen and oxygen atoms in total. The summed E-state index contributed by atoms with van der Waals surface area (Å²) in [5.74, 6) is -0.144. The third kappa shape index (κ3) is 3.65. The minimum atomic E-state index is -0.144. The molecule has 0 aliphatic carbocycles. The molecule has 0 aliphatic rings. The predicted molar refractivity (Wildman–Crippen MR) is 77.6 cm³/mol. The fourth-order valence-electron chi connectivity index (χ4n) is 2.08. The van der Waals surface area contributed by atoms with Crippen LogP contribution in [0.1, 0.15) is 35.2 Å². The van der Waals surface area contributed by atoms with Crippen LogP contribution in [0.15, 0.2) is 42.5 Å². The van der Waals surface area contributed by atoms with E-state index in [9.17, 15) is 4.39 Å². The van der Waals surface area contributed by atoms with Gasteiger partial charge in [-0.1, -0.05) is 47.5 Å². The summed E-state index contributed by atoms with van der Waals surface area (Å²) in [6, 6.07) is 13.8. The van der Waals surface area contributed by atoms with Crippen molar-refractivity contribution in [2.75, 3.05) is 0 Å². The highest BCUT2D eigenvalue weighted by atomic mass is 19.1. The van der Waals surface area contributed by atoms with Crippen LogP contribution < -0.4 is 5.32 Å². The molecule has 19 heavy (non-hydrogen) atoms. The van der Waals surface area contributed by atoms with Crippen LogP contribution >= 0.6 is 0 Å². The first kappa shape index (κ1) is 13.8. The molecule has 0 radical (unpaired) electrons. The Balaban J connectivity index is 2.02. The van der Waals surface area contributed by atoms with Gasteiger partial charge < -0.3 is 5.32 Å². The highest BCUT2D eigenvalue weighted by Gasteiger charge is 2.07. The van der Waals surface area contributed by atoms with E-state index < -0.39 is 0 Å². The highest BCUT2D eigenvalue weighted by molar-refractivity contribution is 5.26. The molecule has 0 unspecified atom stereocenters. The van der Waals surface area contributed by atoms with Gasteiger partial charge in [0.05, 0.1) is 0 Å². The lowest BCUT2D eigenvalue weighted by Gasteiger charge is -2.15. The summed E-state index contributed by atoms with van der Waals surface area (Å²) in [5, 5.41) is 3.36. The van der Waals surface area contributed by atoms with E-state index in [1.165, 1.54) is 17.2 Å². The fourth-order valence-corrected chi connectivity index (χ4v) is 2.08. The highest BCUT2D eigenvalue weighted by Crippen LogP contribution is 2.15. The maximum Gasteiger partial charge on any atom is 0.127 e. The summed E-state index contributed by atoms with van der Waals surface area (Å²) in [6.07, 6.45) is 0. The number of aryl methyl sites for hydroxylation is 2. The second-order valence-electron chi connectivity index (χ2n) is 5.11. The predicted octanol–water partition coefficient (Wildman–Crippen LogP) is 4.29. The molecule has 1 N–H and O–H groups in total. The van der Waals surface area contributed by atoms with Crippen molar-refractivity contribution in [2.45, 2.75) is 33.4 Å². The molecule has 1 atom stereocenters. The number of hydrogen-bond donors (Lipinski definition) is 1. The minimum absolute atomic E-state index is 0.144. The first-order valence-corrected chi connectivity index (χ1v) is 6.61. The standard InChI is InChI=1S/C17H20FN/c1-12-4-7-15(8-5-12)14(3)19-11-16-10-13(2)6-9-17(16)18/h4-10,14,19H,11H2,1-3H3/t14-/m1/s1. The van der Waals surface area contributed by atoms with Crippen LogP contribution in [0.2, 0.25) is 0 Å². The summed E-state index contributed by atoms with van der Waals surface area (Å²) in [6.45, 7) is 6.69. The molecule has 0 bridgehead atoms. The van der Waals surface area contributed by atoms with Gasteiger partial charge in [-0.25, -0.2) is 4.39 Å². The van der Waals surface area contributed by atoms with Gasteiger partial charge in [0, 0.05) is 18.2 Å². The molecule has 0 spiro atoms. The lowest BCUT2D eigenvalue weighted by Crippen LogP contribution is -2.18. The summed E-state index contributed by atoms with van der Waals surface area (Å²) in [4.78, 5) is 0. The van der Waals surface area contributed by atoms with E-state index in [0.29, 0.717) is 6.54 Å². The zero-order valence-corrected chi connectivity index (χ0v) is 11.7. The van der Waals surface area contributed by atoms with E-state index in [1.807, 2.05) is 13.0 Å². The molecule has 2 heteroatoms. The summed E-state index contributed by atoms with van der Waals surface area (Å²) < 4.78 is 13.6. The molecular weight excluding hydrogens is 237 g/mol. The molecule has 100 valence electrons. The van der Waals surface area contributed by atoms with Gasteiger partial charge >= 0.3 is 0 Å². The Hall–Kier alpha value is -1.67. The molecule has 2 aromatic carbocycles. The first-order valence-electron chi connectivity index (χ1n) is 6.61. The van der Waals surface area contributed by atoms with Crippen molar-refractivity contribution >= 4 is 0 Å². The Morgan fingerprint density at radius 3 is 2.32 bits per heavy atom. The van der Waals surface area contributed by atoms with Crippen LogP contribution in [0, 0.1) is 19.7 Å². The van der Waals surface area contributed by atoms with E-state index in [2.05, 4.69) is 43.4 Å². The van der Waals surface area contributed by atoms with E-state index in [0.717, 1.165) is 11.1 Å². The molecule has 0 aliphatic heterocycles. The van der Waals surface area contributed by atoms with Crippen LogP contribution in [-0.4, -0.2) is 0 Å². The van der Waals surface area contributed by atoms with E-state index in [4.69, 9.17) is 0 Å². The molecule has 2 rings (SSSR count). The molecule has 2 aromatic rings. The average molecular weight is 257 g/mol. The van der Waals surface area contributed by atoms with Crippen LogP contribution in [0.3, 0.4) is 0 Å². The summed E-state index contributed by atoms with van der Waals surface area (Å²) in [5.41, 5.74) is 4.28. The Morgan fingerprint density at radius 2 is 1.63 bits per heavy atom. The van der Waals surface area contributed by atoms with E-state index in [-0.39, 0.29) is 11.9 Å². The van der Waals surface area contributed by atoms with Crippen molar-refractivity contribution in [1.29, 1.82) is 0 Å². The zero-order valence-electron chi connectivity index (χ0n) is 11.7. The average Bonchev–Trinajstić information content (AvgIpc) is 2.40. The third-order valence-corrected chi connectivity index (χ3v) is 3.38. The van der Waals surface area contributed by atoms with Crippen LogP contribution in [-0.2, 0) is 6.54 Å². The lowest BCUT2D eigenvalue weighted by atomic mass is 10.1.